The number of rotatable bonds is 2. The number of nitrogens with zero attached hydrogens (tertiary/aromatic N) is 2. The third-order valence-electron chi connectivity index (χ3n) is 3.18. The van der Waals surface area contributed by atoms with Crippen LogP contribution in [0.15, 0.2) is 0 Å². The van der Waals surface area contributed by atoms with Crippen molar-refractivity contribution in [2.75, 3.05) is 39.4 Å². The Balaban J connectivity index is 1.72. The molecule has 0 aromatic heterocycles. The fraction of sp³-hybridized carbons (Fsp3) is 1.00. The Morgan fingerprint density at radius 3 is 2.31 bits per heavy atom. The molecule has 2 fully saturated rings. The van der Waals surface area contributed by atoms with Gasteiger partial charge in [0.05, 0.1) is 13.2 Å². The van der Waals surface area contributed by atoms with E-state index in [9.17, 15) is 0 Å². The van der Waals surface area contributed by atoms with Gasteiger partial charge in [-0.1, -0.05) is 0 Å². The molecule has 0 N–H and O–H groups in total. The summed E-state index contributed by atoms with van der Waals surface area (Å²) in [5, 5.41) is 0. The van der Waals surface area contributed by atoms with E-state index in [4.69, 9.17) is 4.74 Å². The summed E-state index contributed by atoms with van der Waals surface area (Å²) in [6, 6.07) is 1.53. The third kappa shape index (κ3) is 2.03. The first-order chi connectivity index (χ1) is 6.27. The predicted molar refractivity (Wildman–Crippen MR) is 52.9 cm³/mol. The van der Waals surface area contributed by atoms with Crippen molar-refractivity contribution in [2.24, 2.45) is 0 Å². The van der Waals surface area contributed by atoms with Gasteiger partial charge in [0.1, 0.15) is 0 Å². The van der Waals surface area contributed by atoms with Crippen LogP contribution >= 0.6 is 0 Å². The molecule has 0 saturated carbocycles. The van der Waals surface area contributed by atoms with Crippen molar-refractivity contribution in [3.8, 4) is 0 Å². The molecule has 2 rings (SSSR count). The van der Waals surface area contributed by atoms with Gasteiger partial charge >= 0.3 is 0 Å². The lowest BCUT2D eigenvalue weighted by molar-refractivity contribution is -0.0407. The molecule has 0 aromatic carbocycles. The van der Waals surface area contributed by atoms with E-state index in [1.54, 1.807) is 0 Å². The van der Waals surface area contributed by atoms with E-state index in [1.807, 2.05) is 0 Å². The Hall–Kier alpha value is -0.120. The van der Waals surface area contributed by atoms with Gasteiger partial charge in [0.15, 0.2) is 0 Å². The second-order valence-corrected chi connectivity index (χ2v) is 4.35. The molecule has 2 aliphatic heterocycles. The fourth-order valence-corrected chi connectivity index (χ4v) is 2.08. The highest BCUT2D eigenvalue weighted by molar-refractivity contribution is 4.90. The van der Waals surface area contributed by atoms with Gasteiger partial charge in [-0.3, -0.25) is 9.80 Å². The lowest BCUT2D eigenvalue weighted by atomic mass is 10.0. The second-order valence-electron chi connectivity index (χ2n) is 4.35. The van der Waals surface area contributed by atoms with Crippen molar-refractivity contribution in [1.82, 2.24) is 9.80 Å². The largest absolute Gasteiger partial charge is 0.379 e. The first kappa shape index (κ1) is 9.44. The Morgan fingerprint density at radius 1 is 1.15 bits per heavy atom. The summed E-state index contributed by atoms with van der Waals surface area (Å²) in [5.74, 6) is 0. The minimum absolute atomic E-state index is 0.720. The number of likely N-dealkylation sites (tertiary alicyclic amines) is 1. The second kappa shape index (κ2) is 3.95. The molecule has 0 aromatic rings. The summed E-state index contributed by atoms with van der Waals surface area (Å²) in [4.78, 5) is 5.10. The van der Waals surface area contributed by atoms with Gasteiger partial charge in [0.2, 0.25) is 0 Å². The molecular formula is C10H20N2O. The zero-order valence-electron chi connectivity index (χ0n) is 8.70. The molecule has 2 heterocycles. The Bertz CT molecular complexity index is 160. The smallest absolute Gasteiger partial charge is 0.0594 e. The highest BCUT2D eigenvalue weighted by atomic mass is 16.5. The molecule has 0 amide bonds. The van der Waals surface area contributed by atoms with E-state index < -0.39 is 0 Å². The topological polar surface area (TPSA) is 15.7 Å². The fourth-order valence-electron chi connectivity index (χ4n) is 2.08. The van der Waals surface area contributed by atoms with Gasteiger partial charge in [0.25, 0.3) is 0 Å². The number of morpholine rings is 1. The van der Waals surface area contributed by atoms with E-state index in [0.29, 0.717) is 0 Å². The molecule has 0 radical (unpaired) electrons. The maximum Gasteiger partial charge on any atom is 0.0594 e. The predicted octanol–water partition coefficient (Wildman–Crippen LogP) is 0.411. The Morgan fingerprint density at radius 2 is 1.77 bits per heavy atom. The molecular weight excluding hydrogens is 164 g/mol. The summed E-state index contributed by atoms with van der Waals surface area (Å²) in [6.07, 6.45) is 0. The zero-order chi connectivity index (χ0) is 9.26. The van der Waals surface area contributed by atoms with E-state index in [-0.39, 0.29) is 0 Å². The summed E-state index contributed by atoms with van der Waals surface area (Å²) >= 11 is 0. The molecule has 13 heavy (non-hydrogen) atoms. The van der Waals surface area contributed by atoms with Crippen LogP contribution in [0.25, 0.3) is 0 Å². The summed E-state index contributed by atoms with van der Waals surface area (Å²) in [5.41, 5.74) is 0. The van der Waals surface area contributed by atoms with Crippen molar-refractivity contribution in [3.63, 3.8) is 0 Å². The van der Waals surface area contributed by atoms with Crippen LogP contribution in [0.4, 0.5) is 0 Å². The van der Waals surface area contributed by atoms with Gasteiger partial charge in [-0.2, -0.15) is 0 Å². The first-order valence-electron chi connectivity index (χ1n) is 5.33. The van der Waals surface area contributed by atoms with Crippen LogP contribution in [-0.2, 0) is 4.74 Å². The quantitative estimate of drug-likeness (QED) is 0.618. The van der Waals surface area contributed by atoms with Crippen LogP contribution in [0.3, 0.4) is 0 Å². The summed E-state index contributed by atoms with van der Waals surface area (Å²) in [6.45, 7) is 11.2. The molecule has 2 aliphatic rings. The lowest BCUT2D eigenvalue weighted by Gasteiger charge is -2.48. The lowest BCUT2D eigenvalue weighted by Crippen LogP contribution is -2.62. The first-order valence-corrected chi connectivity index (χ1v) is 5.33. The van der Waals surface area contributed by atoms with Crippen LogP contribution in [-0.4, -0.2) is 61.3 Å². The summed E-state index contributed by atoms with van der Waals surface area (Å²) < 4.78 is 5.34. The van der Waals surface area contributed by atoms with Crippen molar-refractivity contribution in [2.45, 2.75) is 25.9 Å². The highest BCUT2D eigenvalue weighted by Crippen LogP contribution is 2.18. The van der Waals surface area contributed by atoms with Gasteiger partial charge in [-0.05, 0) is 13.8 Å². The molecule has 3 nitrogen and oxygen atoms in total. The van der Waals surface area contributed by atoms with E-state index in [1.165, 1.54) is 13.1 Å². The average molecular weight is 184 g/mol. The molecule has 0 bridgehead atoms. The minimum Gasteiger partial charge on any atom is -0.379 e. The molecule has 76 valence electrons. The van der Waals surface area contributed by atoms with E-state index in [0.717, 1.165) is 38.4 Å². The van der Waals surface area contributed by atoms with E-state index >= 15 is 0 Å². The maximum atomic E-state index is 5.34. The number of hydrogen-bond acceptors (Lipinski definition) is 3. The molecule has 0 aliphatic carbocycles. The minimum atomic E-state index is 0.720. The Kier molecular flexibility index (Phi) is 2.86. The van der Waals surface area contributed by atoms with Crippen LogP contribution in [0.2, 0.25) is 0 Å². The SMILES string of the molecule is CC(C)N1CC(N2CCOCC2)C1. The maximum absolute atomic E-state index is 5.34. The van der Waals surface area contributed by atoms with Crippen LogP contribution in [0.5, 0.6) is 0 Å². The standard InChI is InChI=1S/C10H20N2O/c1-9(2)12-7-10(8-12)11-3-5-13-6-4-11/h9-10H,3-8H2,1-2H3. The van der Waals surface area contributed by atoms with Gasteiger partial charge in [0, 0.05) is 38.3 Å². The molecule has 0 unspecified atom stereocenters. The molecule has 0 spiro atoms. The average Bonchev–Trinajstić information content (AvgIpc) is 2.02. The van der Waals surface area contributed by atoms with Gasteiger partial charge in [-0.15, -0.1) is 0 Å². The Labute approximate surface area is 80.6 Å². The number of hydrogen-bond donors (Lipinski definition) is 0. The van der Waals surface area contributed by atoms with Crippen LogP contribution in [0.1, 0.15) is 13.8 Å². The van der Waals surface area contributed by atoms with Crippen molar-refractivity contribution >= 4 is 0 Å². The molecule has 0 atom stereocenters. The zero-order valence-corrected chi connectivity index (χ0v) is 8.70. The van der Waals surface area contributed by atoms with Crippen molar-refractivity contribution in [3.05, 3.63) is 0 Å². The van der Waals surface area contributed by atoms with Gasteiger partial charge < -0.3 is 4.74 Å². The third-order valence-corrected chi connectivity index (χ3v) is 3.18. The van der Waals surface area contributed by atoms with Gasteiger partial charge in [-0.25, -0.2) is 0 Å². The number of ether oxygens (including phenoxy) is 1. The highest BCUT2D eigenvalue weighted by Gasteiger charge is 2.33. The van der Waals surface area contributed by atoms with Crippen molar-refractivity contribution in [1.29, 1.82) is 0 Å². The summed E-state index contributed by atoms with van der Waals surface area (Å²) in [7, 11) is 0. The molecule has 2 saturated heterocycles. The monoisotopic (exact) mass is 184 g/mol. The molecule has 3 heteroatoms. The van der Waals surface area contributed by atoms with E-state index in [2.05, 4.69) is 23.6 Å². The van der Waals surface area contributed by atoms with Crippen LogP contribution < -0.4 is 0 Å². The van der Waals surface area contributed by atoms with Crippen LogP contribution in [0, 0.1) is 0 Å². The van der Waals surface area contributed by atoms with Crippen molar-refractivity contribution < 1.29 is 4.74 Å². The normalized spacial score (nSPS) is 27.9.